The van der Waals surface area contributed by atoms with Crippen LogP contribution in [-0.2, 0) is 6.54 Å². The average Bonchev–Trinajstić information content (AvgIpc) is 2.86. The lowest BCUT2D eigenvalue weighted by Gasteiger charge is -2.03. The lowest BCUT2D eigenvalue weighted by atomic mass is 10.2. The van der Waals surface area contributed by atoms with Gasteiger partial charge in [-0.15, -0.1) is 5.10 Å². The molecule has 0 spiro atoms. The maximum Gasteiger partial charge on any atom is 0.353 e. The quantitative estimate of drug-likeness (QED) is 0.613. The molecule has 6 nitrogen and oxygen atoms in total. The van der Waals surface area contributed by atoms with Crippen LogP contribution in [0.2, 0.25) is 5.02 Å². The Kier molecular flexibility index (Phi) is 3.06. The summed E-state index contributed by atoms with van der Waals surface area (Å²) in [7, 11) is 0. The maximum absolute atomic E-state index is 12.6. The van der Waals surface area contributed by atoms with Gasteiger partial charge in [0.05, 0.1) is 22.5 Å². The maximum atomic E-state index is 12.6. The Morgan fingerprint density at radius 1 is 1.09 bits per heavy atom. The Labute approximate surface area is 135 Å². The smallest absolute Gasteiger partial charge is 0.353 e. The summed E-state index contributed by atoms with van der Waals surface area (Å²) in [6, 6.07) is 14.9. The number of rotatable bonds is 2. The number of nitrogens with two attached hydrogens (primary N) is 1. The third-order valence-corrected chi connectivity index (χ3v) is 4.01. The van der Waals surface area contributed by atoms with Gasteiger partial charge in [0.25, 0.3) is 0 Å². The molecule has 0 bridgehead atoms. The van der Waals surface area contributed by atoms with Crippen LogP contribution in [0.25, 0.3) is 16.6 Å². The average molecular weight is 326 g/mol. The highest BCUT2D eigenvalue weighted by atomic mass is 35.5. The highest BCUT2D eigenvalue weighted by molar-refractivity contribution is 6.36. The summed E-state index contributed by atoms with van der Waals surface area (Å²) >= 11 is 6.26. The number of nitrogen functional groups attached to an aromatic ring is 1. The predicted molar refractivity (Wildman–Crippen MR) is 89.7 cm³/mol. The zero-order valence-electron chi connectivity index (χ0n) is 12.0. The van der Waals surface area contributed by atoms with Crippen LogP contribution in [0.15, 0.2) is 53.3 Å². The molecule has 23 heavy (non-hydrogen) atoms. The summed E-state index contributed by atoms with van der Waals surface area (Å²) in [5.74, 6) is 0.0964. The molecule has 0 aliphatic heterocycles. The van der Waals surface area contributed by atoms with Crippen LogP contribution < -0.4 is 11.4 Å². The first-order valence-corrected chi connectivity index (χ1v) is 7.40. The van der Waals surface area contributed by atoms with Crippen molar-refractivity contribution in [2.24, 2.45) is 0 Å². The first kappa shape index (κ1) is 13.8. The van der Waals surface area contributed by atoms with Gasteiger partial charge in [0.1, 0.15) is 0 Å². The van der Waals surface area contributed by atoms with E-state index in [0.717, 1.165) is 5.56 Å². The molecular weight excluding hydrogens is 314 g/mol. The SMILES string of the molecule is Nc1nc2cccc(Cl)c2c2nn(Cc3ccccc3)c(=O)n12. The summed E-state index contributed by atoms with van der Waals surface area (Å²) in [5.41, 5.74) is 7.60. The van der Waals surface area contributed by atoms with Crippen molar-refractivity contribution in [1.29, 1.82) is 0 Å². The molecule has 114 valence electrons. The van der Waals surface area contributed by atoms with Gasteiger partial charge in [-0.3, -0.25) is 0 Å². The number of anilines is 1. The molecule has 0 unspecified atom stereocenters. The van der Waals surface area contributed by atoms with Crippen LogP contribution in [0.5, 0.6) is 0 Å². The van der Waals surface area contributed by atoms with Gasteiger partial charge in [0.15, 0.2) is 5.65 Å². The van der Waals surface area contributed by atoms with Gasteiger partial charge in [-0.2, -0.15) is 0 Å². The van der Waals surface area contributed by atoms with E-state index in [9.17, 15) is 4.79 Å². The summed E-state index contributed by atoms with van der Waals surface area (Å²) in [6.45, 7) is 0.354. The monoisotopic (exact) mass is 325 g/mol. The predicted octanol–water partition coefficient (Wildman–Crippen LogP) is 2.33. The van der Waals surface area contributed by atoms with Crippen LogP contribution in [-0.4, -0.2) is 19.2 Å². The van der Waals surface area contributed by atoms with Gasteiger partial charge in [-0.25, -0.2) is 18.9 Å². The van der Waals surface area contributed by atoms with Crippen molar-refractivity contribution < 1.29 is 0 Å². The number of halogens is 1. The van der Waals surface area contributed by atoms with Crippen LogP contribution in [0, 0.1) is 0 Å². The molecule has 0 amide bonds. The number of hydrogen-bond acceptors (Lipinski definition) is 4. The third kappa shape index (κ3) is 2.15. The van der Waals surface area contributed by atoms with E-state index in [1.165, 1.54) is 9.08 Å². The largest absolute Gasteiger partial charge is 0.369 e. The van der Waals surface area contributed by atoms with E-state index in [1.807, 2.05) is 30.3 Å². The van der Waals surface area contributed by atoms with Crippen molar-refractivity contribution in [3.8, 4) is 0 Å². The molecule has 0 fully saturated rings. The van der Waals surface area contributed by atoms with Gasteiger partial charge in [-0.1, -0.05) is 48.0 Å². The molecule has 2 aromatic heterocycles. The zero-order valence-corrected chi connectivity index (χ0v) is 12.7. The zero-order chi connectivity index (χ0) is 16.0. The van der Waals surface area contributed by atoms with Crippen molar-refractivity contribution in [1.82, 2.24) is 19.2 Å². The van der Waals surface area contributed by atoms with E-state index < -0.39 is 0 Å². The second kappa shape index (κ2) is 5.10. The Balaban J connectivity index is 2.02. The Morgan fingerprint density at radius 2 is 1.87 bits per heavy atom. The molecule has 0 radical (unpaired) electrons. The summed E-state index contributed by atoms with van der Waals surface area (Å²) < 4.78 is 2.66. The van der Waals surface area contributed by atoms with E-state index in [4.69, 9.17) is 17.3 Å². The fourth-order valence-corrected chi connectivity index (χ4v) is 2.89. The Bertz CT molecular complexity index is 1080. The minimum Gasteiger partial charge on any atom is -0.369 e. The van der Waals surface area contributed by atoms with Gasteiger partial charge in [0, 0.05) is 0 Å². The van der Waals surface area contributed by atoms with Crippen LogP contribution in [0.3, 0.4) is 0 Å². The number of fused-ring (bicyclic) bond motifs is 3. The first-order chi connectivity index (χ1) is 11.1. The lowest BCUT2D eigenvalue weighted by Crippen LogP contribution is -2.23. The van der Waals surface area contributed by atoms with E-state index in [-0.39, 0.29) is 11.6 Å². The number of hydrogen-bond donors (Lipinski definition) is 1. The fourth-order valence-electron chi connectivity index (χ4n) is 2.64. The molecule has 7 heteroatoms. The van der Waals surface area contributed by atoms with E-state index >= 15 is 0 Å². The molecule has 0 aliphatic rings. The van der Waals surface area contributed by atoms with Gasteiger partial charge in [-0.05, 0) is 17.7 Å². The van der Waals surface area contributed by atoms with Crippen molar-refractivity contribution in [3.05, 3.63) is 69.6 Å². The van der Waals surface area contributed by atoms with Gasteiger partial charge < -0.3 is 5.73 Å². The van der Waals surface area contributed by atoms with Crippen molar-refractivity contribution in [2.45, 2.75) is 6.54 Å². The minimum absolute atomic E-state index is 0.0964. The summed E-state index contributed by atoms with van der Waals surface area (Å²) in [4.78, 5) is 16.9. The lowest BCUT2D eigenvalue weighted by molar-refractivity contribution is 0.659. The van der Waals surface area contributed by atoms with Gasteiger partial charge in [0.2, 0.25) is 5.95 Å². The normalized spacial score (nSPS) is 11.3. The molecular formula is C16H12ClN5O. The number of nitrogens with zero attached hydrogens (tertiary/aromatic N) is 4. The highest BCUT2D eigenvalue weighted by Gasteiger charge is 2.16. The Hall–Kier alpha value is -2.86. The van der Waals surface area contributed by atoms with Gasteiger partial charge >= 0.3 is 5.69 Å². The Morgan fingerprint density at radius 3 is 2.65 bits per heavy atom. The van der Waals surface area contributed by atoms with Crippen LogP contribution >= 0.6 is 11.6 Å². The molecule has 0 aliphatic carbocycles. The van der Waals surface area contributed by atoms with Crippen molar-refractivity contribution >= 4 is 34.1 Å². The second-order valence-corrected chi connectivity index (χ2v) is 5.60. The summed E-state index contributed by atoms with van der Waals surface area (Å²) in [5, 5.41) is 5.52. The van der Waals surface area contributed by atoms with Crippen LogP contribution in [0.1, 0.15) is 5.56 Å². The van der Waals surface area contributed by atoms with E-state index in [2.05, 4.69) is 10.1 Å². The first-order valence-electron chi connectivity index (χ1n) is 7.02. The molecule has 0 saturated carbocycles. The van der Waals surface area contributed by atoms with Crippen LogP contribution in [0.4, 0.5) is 5.95 Å². The fraction of sp³-hybridized carbons (Fsp3) is 0.0625. The van der Waals surface area contributed by atoms with Crippen molar-refractivity contribution in [2.75, 3.05) is 5.73 Å². The topological polar surface area (TPSA) is 78.2 Å². The highest BCUT2D eigenvalue weighted by Crippen LogP contribution is 2.26. The molecule has 4 rings (SSSR count). The third-order valence-electron chi connectivity index (χ3n) is 3.69. The second-order valence-electron chi connectivity index (χ2n) is 5.19. The summed E-state index contributed by atoms with van der Waals surface area (Å²) in [6.07, 6.45) is 0. The van der Waals surface area contributed by atoms with E-state index in [0.29, 0.717) is 28.1 Å². The number of benzene rings is 2. The molecule has 2 heterocycles. The standard InChI is InChI=1S/C16H12ClN5O/c17-11-7-4-8-12-13(11)14-20-21(9-10-5-2-1-3-6-10)16(23)22(14)15(18)19-12/h1-8H,9H2,(H2,18,19). The minimum atomic E-state index is -0.337. The molecule has 2 aromatic carbocycles. The molecule has 4 aromatic rings. The molecule has 0 saturated heterocycles. The van der Waals surface area contributed by atoms with E-state index in [1.54, 1.807) is 18.2 Å². The van der Waals surface area contributed by atoms with Crippen molar-refractivity contribution in [3.63, 3.8) is 0 Å². The number of aromatic nitrogens is 4. The molecule has 2 N–H and O–H groups in total. The molecule has 0 atom stereocenters.